The fraction of sp³-hybridized carbons (Fsp3) is 0. The van der Waals surface area contributed by atoms with Gasteiger partial charge in [0.1, 0.15) is 0 Å². The van der Waals surface area contributed by atoms with E-state index in [9.17, 15) is 12.9 Å². The van der Waals surface area contributed by atoms with Crippen molar-refractivity contribution in [2.24, 2.45) is 0 Å². The molecule has 0 amide bonds. The molecule has 2 aromatic carbocycles. The first-order chi connectivity index (χ1) is 6.98. The van der Waals surface area contributed by atoms with Crippen LogP contribution < -0.4 is 5.46 Å². The molecule has 15 heavy (non-hydrogen) atoms. The number of halogens is 4. The van der Waals surface area contributed by atoms with Crippen molar-refractivity contribution in [2.45, 2.75) is 0 Å². The minimum absolute atomic E-state index is 0.235. The Morgan fingerprint density at radius 1 is 0.933 bits per heavy atom. The molecule has 2 rings (SSSR count). The molecule has 0 saturated heterocycles. The van der Waals surface area contributed by atoms with E-state index in [4.69, 9.17) is 11.6 Å². The first-order valence-electron chi connectivity index (χ1n) is 4.36. The SMILES string of the molecule is F[B-](F)(F)c1cc2ccccc2cc1Cl. The minimum atomic E-state index is -5.04. The van der Waals surface area contributed by atoms with E-state index in [1.165, 1.54) is 6.07 Å². The molecular weight excluding hydrogens is 223 g/mol. The van der Waals surface area contributed by atoms with Gasteiger partial charge in [0.2, 0.25) is 0 Å². The lowest BCUT2D eigenvalue weighted by Gasteiger charge is -2.17. The van der Waals surface area contributed by atoms with Gasteiger partial charge < -0.3 is 12.9 Å². The molecule has 78 valence electrons. The smallest absolute Gasteiger partial charge is 0.445 e. The van der Waals surface area contributed by atoms with Gasteiger partial charge in [-0.1, -0.05) is 47.4 Å². The van der Waals surface area contributed by atoms with Gasteiger partial charge in [-0.25, -0.2) is 0 Å². The van der Waals surface area contributed by atoms with Gasteiger partial charge in [-0.2, -0.15) is 0 Å². The Hall–Kier alpha value is -1.16. The van der Waals surface area contributed by atoms with Gasteiger partial charge in [-0.05, 0) is 16.8 Å². The van der Waals surface area contributed by atoms with Gasteiger partial charge in [0.15, 0.2) is 0 Å². The molecule has 0 atom stereocenters. The molecule has 0 spiro atoms. The number of benzene rings is 2. The van der Waals surface area contributed by atoms with Crippen molar-refractivity contribution in [3.05, 3.63) is 41.4 Å². The predicted octanol–water partition coefficient (Wildman–Crippen LogP) is 3.55. The molecule has 0 unspecified atom stereocenters. The number of fused-ring (bicyclic) bond motifs is 1. The summed E-state index contributed by atoms with van der Waals surface area (Å²) in [6.07, 6.45) is 0. The Bertz CT molecular complexity index is 507. The summed E-state index contributed by atoms with van der Waals surface area (Å²) >= 11 is 5.58. The summed E-state index contributed by atoms with van der Waals surface area (Å²) in [6.45, 7) is -5.04. The number of rotatable bonds is 1. The molecule has 0 nitrogen and oxygen atoms in total. The minimum Gasteiger partial charge on any atom is -0.445 e. The van der Waals surface area contributed by atoms with Crippen LogP contribution in [0.5, 0.6) is 0 Å². The Balaban J connectivity index is 2.73. The van der Waals surface area contributed by atoms with Crippen LogP contribution in [-0.2, 0) is 0 Å². The Kier molecular flexibility index (Phi) is 2.39. The average Bonchev–Trinajstić information content (AvgIpc) is 2.15. The van der Waals surface area contributed by atoms with E-state index in [2.05, 4.69) is 0 Å². The van der Waals surface area contributed by atoms with Crippen LogP contribution in [0.15, 0.2) is 36.4 Å². The second-order valence-electron chi connectivity index (χ2n) is 3.30. The third-order valence-corrected chi connectivity index (χ3v) is 2.54. The summed E-state index contributed by atoms with van der Waals surface area (Å²) in [7, 11) is 0. The van der Waals surface area contributed by atoms with Crippen LogP contribution in [0.1, 0.15) is 0 Å². The van der Waals surface area contributed by atoms with Crippen LogP contribution in [-0.4, -0.2) is 6.98 Å². The lowest BCUT2D eigenvalue weighted by molar-refractivity contribution is 0.501. The van der Waals surface area contributed by atoms with Crippen molar-refractivity contribution in [1.29, 1.82) is 0 Å². The van der Waals surface area contributed by atoms with E-state index in [0.29, 0.717) is 10.8 Å². The van der Waals surface area contributed by atoms with Crippen LogP contribution in [0.2, 0.25) is 5.02 Å². The zero-order valence-corrected chi connectivity index (χ0v) is 8.31. The van der Waals surface area contributed by atoms with Crippen molar-refractivity contribution in [2.75, 3.05) is 0 Å². The molecular formula is C10H6BClF3-. The second kappa shape index (κ2) is 3.45. The Morgan fingerprint density at radius 3 is 2.00 bits per heavy atom. The highest BCUT2D eigenvalue weighted by Gasteiger charge is 2.28. The highest BCUT2D eigenvalue weighted by Crippen LogP contribution is 2.22. The van der Waals surface area contributed by atoms with Gasteiger partial charge in [-0.15, -0.1) is 0 Å². The van der Waals surface area contributed by atoms with Gasteiger partial charge in [-0.3, -0.25) is 0 Å². The van der Waals surface area contributed by atoms with E-state index in [0.717, 1.165) is 6.07 Å². The van der Waals surface area contributed by atoms with Crippen LogP contribution in [0.4, 0.5) is 12.9 Å². The maximum atomic E-state index is 12.6. The molecule has 0 heterocycles. The maximum Gasteiger partial charge on any atom is 0.511 e. The molecule has 0 saturated carbocycles. The summed E-state index contributed by atoms with van der Waals surface area (Å²) in [5, 5.41) is 1.03. The Morgan fingerprint density at radius 2 is 1.47 bits per heavy atom. The van der Waals surface area contributed by atoms with Crippen LogP contribution in [0.3, 0.4) is 0 Å². The van der Waals surface area contributed by atoms with Crippen molar-refractivity contribution in [3.8, 4) is 0 Å². The predicted molar refractivity (Wildman–Crippen MR) is 57.7 cm³/mol. The van der Waals surface area contributed by atoms with E-state index in [-0.39, 0.29) is 5.02 Å². The van der Waals surface area contributed by atoms with Gasteiger partial charge in [0.25, 0.3) is 0 Å². The van der Waals surface area contributed by atoms with E-state index in [1.807, 2.05) is 0 Å². The number of hydrogen-bond acceptors (Lipinski definition) is 0. The molecule has 0 aromatic heterocycles. The molecule has 0 aliphatic carbocycles. The third-order valence-electron chi connectivity index (χ3n) is 2.22. The molecule has 0 radical (unpaired) electrons. The fourth-order valence-electron chi connectivity index (χ4n) is 1.48. The summed E-state index contributed by atoms with van der Waals surface area (Å²) < 4.78 is 37.7. The van der Waals surface area contributed by atoms with Crippen LogP contribution in [0.25, 0.3) is 10.8 Å². The van der Waals surface area contributed by atoms with Crippen LogP contribution >= 0.6 is 11.6 Å². The van der Waals surface area contributed by atoms with E-state index in [1.54, 1.807) is 24.3 Å². The molecule has 2 aromatic rings. The molecule has 0 bridgehead atoms. The van der Waals surface area contributed by atoms with E-state index >= 15 is 0 Å². The quantitative estimate of drug-likeness (QED) is 0.656. The van der Waals surface area contributed by atoms with Gasteiger partial charge >= 0.3 is 6.98 Å². The van der Waals surface area contributed by atoms with Crippen molar-refractivity contribution in [3.63, 3.8) is 0 Å². The summed E-state index contributed by atoms with van der Waals surface area (Å²) in [4.78, 5) is 0. The fourth-order valence-corrected chi connectivity index (χ4v) is 1.78. The number of hydrogen-bond donors (Lipinski definition) is 0. The zero-order chi connectivity index (χ0) is 11.1. The first-order valence-corrected chi connectivity index (χ1v) is 4.74. The molecule has 0 aliphatic heterocycles. The third kappa shape index (κ3) is 1.95. The Labute approximate surface area is 89.7 Å². The summed E-state index contributed by atoms with van der Waals surface area (Å²) in [6, 6.07) is 9.27. The van der Waals surface area contributed by atoms with Gasteiger partial charge in [0.05, 0.1) is 0 Å². The lowest BCUT2D eigenvalue weighted by Crippen LogP contribution is -2.34. The average molecular weight is 229 g/mol. The van der Waals surface area contributed by atoms with Crippen molar-refractivity contribution >= 4 is 34.8 Å². The topological polar surface area (TPSA) is 0 Å². The summed E-state index contributed by atoms with van der Waals surface area (Å²) in [5.74, 6) is 0. The standard InChI is InChI=1S/C10H6BClF3/c12-10-6-8-4-2-1-3-7(8)5-9(10)11(13,14)15/h1-6H/q-1. The highest BCUT2D eigenvalue weighted by atomic mass is 35.5. The highest BCUT2D eigenvalue weighted by molar-refractivity contribution is 6.76. The van der Waals surface area contributed by atoms with Crippen molar-refractivity contribution in [1.82, 2.24) is 0 Å². The molecule has 0 N–H and O–H groups in total. The van der Waals surface area contributed by atoms with Gasteiger partial charge in [0, 0.05) is 5.02 Å². The first kappa shape index (κ1) is 10.4. The second-order valence-corrected chi connectivity index (χ2v) is 3.70. The largest absolute Gasteiger partial charge is 0.511 e. The normalized spacial score (nSPS) is 12.0. The maximum absolute atomic E-state index is 12.6. The monoisotopic (exact) mass is 229 g/mol. The summed E-state index contributed by atoms with van der Waals surface area (Å²) in [5.41, 5.74) is -0.727. The lowest BCUT2D eigenvalue weighted by atomic mass is 9.79. The zero-order valence-electron chi connectivity index (χ0n) is 7.55. The molecule has 5 heteroatoms. The van der Waals surface area contributed by atoms with Crippen molar-refractivity contribution < 1.29 is 12.9 Å². The van der Waals surface area contributed by atoms with E-state index < -0.39 is 12.4 Å². The molecule has 0 fully saturated rings. The van der Waals surface area contributed by atoms with Crippen LogP contribution in [0, 0.1) is 0 Å². The molecule has 0 aliphatic rings.